The minimum Gasteiger partial charge on any atom is -0.486 e. The van der Waals surface area contributed by atoms with Crippen molar-refractivity contribution < 1.29 is 9.47 Å². The molecule has 0 N–H and O–H groups in total. The zero-order valence-corrected chi connectivity index (χ0v) is 16.7. The topological polar surface area (TPSA) is 61.5 Å². The summed E-state index contributed by atoms with van der Waals surface area (Å²) in [5.74, 6) is 4.27. The molecule has 0 bridgehead atoms. The molecule has 0 spiro atoms. The predicted molar refractivity (Wildman–Crippen MR) is 111 cm³/mol. The zero-order chi connectivity index (χ0) is 18.8. The van der Waals surface area contributed by atoms with Crippen molar-refractivity contribution in [2.75, 3.05) is 19.0 Å². The summed E-state index contributed by atoms with van der Waals surface area (Å²) in [5.41, 5.74) is 2.36. The first kappa shape index (κ1) is 17.5. The van der Waals surface area contributed by atoms with E-state index in [1.165, 1.54) is 16.9 Å². The minimum absolute atomic E-state index is 0.575. The summed E-state index contributed by atoms with van der Waals surface area (Å²) in [4.78, 5) is 0.809. The quantitative estimate of drug-likeness (QED) is 0.446. The van der Waals surface area contributed by atoms with Crippen LogP contribution in [0.15, 0.2) is 48.5 Å². The summed E-state index contributed by atoms with van der Waals surface area (Å²) < 4.78 is 13.1. The van der Waals surface area contributed by atoms with E-state index in [2.05, 4.69) is 34.5 Å². The second-order valence-electron chi connectivity index (χ2n) is 6.36. The van der Waals surface area contributed by atoms with E-state index in [9.17, 15) is 0 Å². The molecule has 2 aromatic carbocycles. The number of hydrogen-bond donors (Lipinski definition) is 0. The van der Waals surface area contributed by atoms with Gasteiger partial charge in [-0.3, -0.25) is 0 Å². The fourth-order valence-corrected chi connectivity index (χ4v) is 4.78. The van der Waals surface area contributed by atoms with Gasteiger partial charge in [-0.25, -0.2) is 0 Å². The highest BCUT2D eigenvalue weighted by atomic mass is 32.2. The number of fused-ring (bicyclic) bond motifs is 2. The largest absolute Gasteiger partial charge is 0.486 e. The molecule has 3 heterocycles. The molecule has 0 amide bonds. The van der Waals surface area contributed by atoms with Gasteiger partial charge in [0.15, 0.2) is 17.3 Å². The third-order valence-corrected chi connectivity index (χ3v) is 6.36. The lowest BCUT2D eigenvalue weighted by molar-refractivity contribution is 0.171. The van der Waals surface area contributed by atoms with Gasteiger partial charge in [-0.1, -0.05) is 41.7 Å². The number of hydrogen-bond acceptors (Lipinski definition) is 7. The summed E-state index contributed by atoms with van der Waals surface area (Å²) >= 11 is 3.38. The highest BCUT2D eigenvalue weighted by Gasteiger charge is 2.16. The fraction of sp³-hybridized carbons (Fsp3) is 0.250. The first-order valence-electron chi connectivity index (χ1n) is 9.10. The lowest BCUT2D eigenvalue weighted by Crippen LogP contribution is -2.15. The molecule has 4 aromatic rings. The zero-order valence-electron chi connectivity index (χ0n) is 15.1. The van der Waals surface area contributed by atoms with Crippen LogP contribution in [0, 0.1) is 0 Å². The summed E-state index contributed by atoms with van der Waals surface area (Å²) in [7, 11) is 0. The van der Waals surface area contributed by atoms with Crippen LogP contribution in [0.4, 0.5) is 0 Å². The Morgan fingerprint density at radius 1 is 1.00 bits per heavy atom. The molecule has 0 radical (unpaired) electrons. The Morgan fingerprint density at radius 3 is 2.75 bits per heavy atom. The highest BCUT2D eigenvalue weighted by molar-refractivity contribution is 7.98. The summed E-state index contributed by atoms with van der Waals surface area (Å²) in [5, 5.41) is 14.2. The van der Waals surface area contributed by atoms with Crippen LogP contribution < -0.4 is 9.47 Å². The van der Waals surface area contributed by atoms with Crippen molar-refractivity contribution in [1.29, 1.82) is 0 Å². The van der Waals surface area contributed by atoms with Crippen LogP contribution in [-0.4, -0.2) is 38.8 Å². The van der Waals surface area contributed by atoms with Gasteiger partial charge in [0.25, 0.3) is 0 Å². The number of benzene rings is 2. The molecule has 5 rings (SSSR count). The van der Waals surface area contributed by atoms with E-state index in [1.54, 1.807) is 0 Å². The van der Waals surface area contributed by atoms with Crippen LogP contribution in [-0.2, 0) is 12.2 Å². The van der Waals surface area contributed by atoms with E-state index >= 15 is 0 Å². The van der Waals surface area contributed by atoms with E-state index in [0.717, 1.165) is 50.8 Å². The van der Waals surface area contributed by atoms with Crippen LogP contribution in [0.2, 0.25) is 0 Å². The van der Waals surface area contributed by atoms with Crippen molar-refractivity contribution in [2.24, 2.45) is 0 Å². The van der Waals surface area contributed by atoms with Gasteiger partial charge in [0.05, 0.1) is 5.75 Å². The number of nitrogens with zero attached hydrogens (tertiary/aromatic N) is 4. The maximum absolute atomic E-state index is 5.68. The third-order valence-electron chi connectivity index (χ3n) is 4.45. The third kappa shape index (κ3) is 3.57. The van der Waals surface area contributed by atoms with Crippen molar-refractivity contribution >= 4 is 28.1 Å². The normalized spacial score (nSPS) is 13.1. The molecule has 2 aromatic heterocycles. The Bertz CT molecular complexity index is 1090. The van der Waals surface area contributed by atoms with Gasteiger partial charge in [-0.15, -0.1) is 10.2 Å². The van der Waals surface area contributed by atoms with E-state index in [-0.39, 0.29) is 0 Å². The highest BCUT2D eigenvalue weighted by Crippen LogP contribution is 2.35. The summed E-state index contributed by atoms with van der Waals surface area (Å²) in [6.07, 6.45) is 1.05. The van der Waals surface area contributed by atoms with Crippen LogP contribution in [0.5, 0.6) is 11.5 Å². The maximum Gasteiger partial charge on any atom is 0.235 e. The van der Waals surface area contributed by atoms with Gasteiger partial charge >= 0.3 is 0 Å². The van der Waals surface area contributed by atoms with Crippen LogP contribution in [0.25, 0.3) is 15.5 Å². The molecule has 0 fully saturated rings. The Balaban J connectivity index is 1.29. The summed E-state index contributed by atoms with van der Waals surface area (Å²) in [6, 6.07) is 16.5. The molecule has 142 valence electrons. The van der Waals surface area contributed by atoms with Gasteiger partial charge in [-0.2, -0.15) is 21.4 Å². The number of thioether (sulfide) groups is 1. The molecule has 0 unspecified atom stereocenters. The molecule has 8 heteroatoms. The molecule has 1 aliphatic rings. The molecule has 6 nitrogen and oxygen atoms in total. The summed E-state index contributed by atoms with van der Waals surface area (Å²) in [6.45, 7) is 1.17. The SMILES string of the molecule is c1ccc(CCSCc2nnc3sc(-c4ccc5c(c4)OCCO5)nn23)cc1. The van der Waals surface area contributed by atoms with E-state index in [4.69, 9.17) is 14.6 Å². The molecule has 1 aliphatic heterocycles. The van der Waals surface area contributed by atoms with Crippen molar-refractivity contribution in [1.82, 2.24) is 19.8 Å². The number of aryl methyl sites for hydroxylation is 1. The Labute approximate surface area is 170 Å². The molecule has 28 heavy (non-hydrogen) atoms. The average molecular weight is 411 g/mol. The first-order valence-corrected chi connectivity index (χ1v) is 11.1. The Kier molecular flexibility index (Phi) is 4.88. The molecule has 0 atom stereocenters. The lowest BCUT2D eigenvalue weighted by atomic mass is 10.2. The Morgan fingerprint density at radius 2 is 1.86 bits per heavy atom. The maximum atomic E-state index is 5.68. The van der Waals surface area contributed by atoms with Crippen molar-refractivity contribution in [3.8, 4) is 22.1 Å². The predicted octanol–water partition coefficient (Wildman–Crippen LogP) is 4.10. The average Bonchev–Trinajstić information content (AvgIpc) is 3.33. The molecule has 0 saturated heterocycles. The van der Waals surface area contributed by atoms with Crippen molar-refractivity contribution in [3.63, 3.8) is 0 Å². The second kappa shape index (κ2) is 7.81. The Hall–Kier alpha value is -2.58. The van der Waals surface area contributed by atoms with Gasteiger partial charge in [0.1, 0.15) is 18.2 Å². The fourth-order valence-electron chi connectivity index (χ4n) is 3.04. The van der Waals surface area contributed by atoms with Crippen molar-refractivity contribution in [3.05, 3.63) is 59.9 Å². The van der Waals surface area contributed by atoms with Crippen LogP contribution in [0.3, 0.4) is 0 Å². The van der Waals surface area contributed by atoms with Gasteiger partial charge in [-0.05, 0) is 35.9 Å². The molecular weight excluding hydrogens is 392 g/mol. The monoisotopic (exact) mass is 410 g/mol. The van der Waals surface area contributed by atoms with E-state index in [0.29, 0.717) is 13.2 Å². The van der Waals surface area contributed by atoms with Crippen molar-refractivity contribution in [2.45, 2.75) is 12.2 Å². The standard InChI is InChI=1S/C20H18N4O2S2/c1-2-4-14(5-3-1)8-11-27-13-18-21-22-20-24(18)23-19(28-20)15-6-7-16-17(12-15)26-10-9-25-16/h1-7,12H,8-11,13H2. The number of ether oxygens (including phenoxy) is 2. The second-order valence-corrected chi connectivity index (χ2v) is 8.43. The van der Waals surface area contributed by atoms with Gasteiger partial charge < -0.3 is 9.47 Å². The molecule has 0 aliphatic carbocycles. The van der Waals surface area contributed by atoms with Crippen LogP contribution >= 0.6 is 23.1 Å². The minimum atomic E-state index is 0.575. The number of aromatic nitrogens is 4. The van der Waals surface area contributed by atoms with E-state index < -0.39 is 0 Å². The molecular formula is C20H18N4O2S2. The van der Waals surface area contributed by atoms with Gasteiger partial charge in [0.2, 0.25) is 4.96 Å². The lowest BCUT2D eigenvalue weighted by Gasteiger charge is -2.18. The first-order chi connectivity index (χ1) is 13.9. The number of rotatable bonds is 6. The van der Waals surface area contributed by atoms with E-state index in [1.807, 2.05) is 40.5 Å². The smallest absolute Gasteiger partial charge is 0.235 e. The van der Waals surface area contributed by atoms with Crippen LogP contribution in [0.1, 0.15) is 11.4 Å². The van der Waals surface area contributed by atoms with Gasteiger partial charge in [0, 0.05) is 5.56 Å². The molecule has 0 saturated carbocycles.